The van der Waals surface area contributed by atoms with Crippen LogP contribution in [0.1, 0.15) is 15.9 Å². The van der Waals surface area contributed by atoms with E-state index in [0.29, 0.717) is 0 Å². The summed E-state index contributed by atoms with van der Waals surface area (Å²) in [6.07, 6.45) is 2.02. The molecule has 0 N–H and O–H groups in total. The van der Waals surface area contributed by atoms with E-state index in [9.17, 15) is 4.79 Å². The largest absolute Gasteiger partial charge is 0.378 e. The molecule has 0 aliphatic carbocycles. The van der Waals surface area contributed by atoms with Crippen molar-refractivity contribution in [1.29, 1.82) is 0 Å². The number of ketones is 1. The highest BCUT2D eigenvalue weighted by Crippen LogP contribution is 2.18. The van der Waals surface area contributed by atoms with Gasteiger partial charge in [0.05, 0.1) is 0 Å². The molecule has 2 aromatic rings. The molecule has 0 atom stereocenters. The minimum absolute atomic E-state index is 0.0676. The summed E-state index contributed by atoms with van der Waals surface area (Å²) < 4.78 is 0. The third-order valence-electron chi connectivity index (χ3n) is 3.00. The molecule has 0 spiro atoms. The molecule has 2 rings (SSSR count). The number of nitrogens with zero attached hydrogens (tertiary/aromatic N) is 1. The van der Waals surface area contributed by atoms with Crippen molar-refractivity contribution in [3.63, 3.8) is 0 Å². The molecule has 0 unspecified atom stereocenters. The van der Waals surface area contributed by atoms with Gasteiger partial charge >= 0.3 is 0 Å². The van der Waals surface area contributed by atoms with E-state index in [0.717, 1.165) is 16.8 Å². The normalized spacial score (nSPS) is 10.3. The van der Waals surface area contributed by atoms with E-state index in [4.69, 9.17) is 0 Å². The topological polar surface area (TPSA) is 20.3 Å². The Balaban J connectivity index is 2.22. The first-order valence-electron chi connectivity index (χ1n) is 6.08. The maximum absolute atomic E-state index is 12.3. The van der Waals surface area contributed by atoms with Gasteiger partial charge in [-0.3, -0.25) is 4.79 Å². The van der Waals surface area contributed by atoms with Crippen LogP contribution in [0.4, 0.5) is 5.69 Å². The Morgan fingerprint density at radius 2 is 1.37 bits per heavy atom. The summed E-state index contributed by atoms with van der Waals surface area (Å²) in [7, 11) is 3.97. The maximum atomic E-state index is 12.3. The van der Waals surface area contributed by atoms with E-state index in [1.54, 1.807) is 11.8 Å². The second-order valence-corrected chi connectivity index (χ2v) is 5.38. The molecule has 0 amide bonds. The highest BCUT2D eigenvalue weighted by molar-refractivity contribution is 7.98. The van der Waals surface area contributed by atoms with Crippen LogP contribution < -0.4 is 4.90 Å². The molecule has 0 fully saturated rings. The smallest absolute Gasteiger partial charge is 0.193 e. The van der Waals surface area contributed by atoms with Crippen molar-refractivity contribution in [3.8, 4) is 0 Å². The lowest BCUT2D eigenvalue weighted by Crippen LogP contribution is -2.09. The van der Waals surface area contributed by atoms with Crippen LogP contribution in [0, 0.1) is 0 Å². The molecule has 2 aromatic carbocycles. The molecule has 2 nitrogen and oxygen atoms in total. The van der Waals surface area contributed by atoms with Crippen LogP contribution in [-0.4, -0.2) is 26.1 Å². The van der Waals surface area contributed by atoms with Gasteiger partial charge in [-0.25, -0.2) is 0 Å². The monoisotopic (exact) mass is 271 g/mol. The molecule has 19 heavy (non-hydrogen) atoms. The number of rotatable bonds is 4. The first-order chi connectivity index (χ1) is 9.11. The van der Waals surface area contributed by atoms with Crippen LogP contribution in [0.25, 0.3) is 0 Å². The Kier molecular flexibility index (Phi) is 4.27. The van der Waals surface area contributed by atoms with Crippen molar-refractivity contribution in [2.75, 3.05) is 25.3 Å². The third kappa shape index (κ3) is 3.18. The first kappa shape index (κ1) is 13.7. The molecular formula is C16H17NOS. The number of thioether (sulfide) groups is 1. The highest BCUT2D eigenvalue weighted by Gasteiger charge is 2.09. The second kappa shape index (κ2) is 5.93. The molecule has 0 radical (unpaired) electrons. The van der Waals surface area contributed by atoms with Gasteiger partial charge in [-0.05, 0) is 54.8 Å². The van der Waals surface area contributed by atoms with Gasteiger partial charge in [0.15, 0.2) is 5.78 Å². The van der Waals surface area contributed by atoms with Gasteiger partial charge in [-0.15, -0.1) is 11.8 Å². The Hall–Kier alpha value is -1.74. The SMILES string of the molecule is CSc1ccc(C(=O)c2ccc(N(C)C)cc2)cc1. The summed E-state index contributed by atoms with van der Waals surface area (Å²) in [5.74, 6) is 0.0676. The maximum Gasteiger partial charge on any atom is 0.193 e. The molecule has 0 bridgehead atoms. The molecule has 0 aliphatic heterocycles. The molecule has 3 heteroatoms. The highest BCUT2D eigenvalue weighted by atomic mass is 32.2. The summed E-state index contributed by atoms with van der Waals surface area (Å²) in [6.45, 7) is 0. The fourth-order valence-electron chi connectivity index (χ4n) is 1.82. The van der Waals surface area contributed by atoms with E-state index < -0.39 is 0 Å². The average Bonchev–Trinajstić information content (AvgIpc) is 2.46. The van der Waals surface area contributed by atoms with E-state index in [-0.39, 0.29) is 5.78 Å². The Morgan fingerprint density at radius 1 is 0.895 bits per heavy atom. The summed E-state index contributed by atoms with van der Waals surface area (Å²) in [6, 6.07) is 15.4. The van der Waals surface area contributed by atoms with Crippen molar-refractivity contribution in [2.24, 2.45) is 0 Å². The predicted molar refractivity (Wildman–Crippen MR) is 82.4 cm³/mol. The first-order valence-corrected chi connectivity index (χ1v) is 7.30. The molecular weight excluding hydrogens is 254 g/mol. The quantitative estimate of drug-likeness (QED) is 0.624. The summed E-state index contributed by atoms with van der Waals surface area (Å²) in [4.78, 5) is 15.5. The van der Waals surface area contributed by atoms with Gasteiger partial charge in [0.2, 0.25) is 0 Å². The van der Waals surface area contributed by atoms with Gasteiger partial charge < -0.3 is 4.90 Å². The van der Waals surface area contributed by atoms with E-state index in [1.807, 2.05) is 73.8 Å². The number of benzene rings is 2. The van der Waals surface area contributed by atoms with Gasteiger partial charge in [-0.2, -0.15) is 0 Å². The van der Waals surface area contributed by atoms with E-state index >= 15 is 0 Å². The Labute approximate surface area is 118 Å². The number of carbonyl (C=O) groups is 1. The van der Waals surface area contributed by atoms with Gasteiger partial charge in [0.1, 0.15) is 0 Å². The molecule has 0 aromatic heterocycles. The minimum Gasteiger partial charge on any atom is -0.378 e. The van der Waals surface area contributed by atoms with Crippen molar-refractivity contribution in [2.45, 2.75) is 4.90 Å². The van der Waals surface area contributed by atoms with Crippen LogP contribution in [0.15, 0.2) is 53.4 Å². The summed E-state index contributed by atoms with van der Waals surface area (Å²) >= 11 is 1.67. The van der Waals surface area contributed by atoms with Crippen LogP contribution in [0.2, 0.25) is 0 Å². The molecule has 0 saturated carbocycles. The van der Waals surface area contributed by atoms with Crippen LogP contribution in [0.3, 0.4) is 0 Å². The van der Waals surface area contributed by atoms with Gasteiger partial charge in [-0.1, -0.05) is 0 Å². The second-order valence-electron chi connectivity index (χ2n) is 4.50. The number of carbonyl (C=O) groups excluding carboxylic acids is 1. The van der Waals surface area contributed by atoms with Gasteiger partial charge in [0, 0.05) is 35.8 Å². The van der Waals surface area contributed by atoms with E-state index in [1.165, 1.54) is 4.90 Å². The third-order valence-corrected chi connectivity index (χ3v) is 3.74. The molecule has 98 valence electrons. The standard InChI is InChI=1S/C16H17NOS/c1-17(2)14-8-4-12(5-9-14)16(18)13-6-10-15(19-3)11-7-13/h4-11H,1-3H3. The summed E-state index contributed by atoms with van der Waals surface area (Å²) in [5, 5.41) is 0. The van der Waals surface area contributed by atoms with Crippen LogP contribution >= 0.6 is 11.8 Å². The van der Waals surface area contributed by atoms with Crippen molar-refractivity contribution >= 4 is 23.2 Å². The van der Waals surface area contributed by atoms with Crippen molar-refractivity contribution in [3.05, 3.63) is 59.7 Å². The predicted octanol–water partition coefficient (Wildman–Crippen LogP) is 3.71. The van der Waals surface area contributed by atoms with Crippen molar-refractivity contribution in [1.82, 2.24) is 0 Å². The van der Waals surface area contributed by atoms with E-state index in [2.05, 4.69) is 0 Å². The zero-order valence-electron chi connectivity index (χ0n) is 11.4. The lowest BCUT2D eigenvalue weighted by Gasteiger charge is -2.12. The van der Waals surface area contributed by atoms with Crippen LogP contribution in [-0.2, 0) is 0 Å². The fraction of sp³-hybridized carbons (Fsp3) is 0.188. The fourth-order valence-corrected chi connectivity index (χ4v) is 2.23. The zero-order valence-corrected chi connectivity index (χ0v) is 12.2. The van der Waals surface area contributed by atoms with Gasteiger partial charge in [0.25, 0.3) is 0 Å². The van der Waals surface area contributed by atoms with Crippen LogP contribution in [0.5, 0.6) is 0 Å². The number of hydrogen-bond acceptors (Lipinski definition) is 3. The number of hydrogen-bond donors (Lipinski definition) is 0. The average molecular weight is 271 g/mol. The molecule has 0 saturated heterocycles. The Bertz CT molecular complexity index is 558. The molecule has 0 heterocycles. The number of anilines is 1. The zero-order chi connectivity index (χ0) is 13.8. The summed E-state index contributed by atoms with van der Waals surface area (Å²) in [5.41, 5.74) is 2.55. The van der Waals surface area contributed by atoms with Crippen molar-refractivity contribution < 1.29 is 4.79 Å². The Morgan fingerprint density at radius 3 is 1.79 bits per heavy atom. The lowest BCUT2D eigenvalue weighted by atomic mass is 10.0. The lowest BCUT2D eigenvalue weighted by molar-refractivity contribution is 0.103. The molecule has 0 aliphatic rings. The minimum atomic E-state index is 0.0676.